The molecule has 0 aliphatic carbocycles. The number of esters is 1. The van der Waals surface area contributed by atoms with E-state index in [0.717, 1.165) is 0 Å². The van der Waals surface area contributed by atoms with Gasteiger partial charge in [-0.05, 0) is 18.2 Å². The lowest BCUT2D eigenvalue weighted by Crippen LogP contribution is -2.12. The van der Waals surface area contributed by atoms with Gasteiger partial charge in [-0.15, -0.1) is 0 Å². The van der Waals surface area contributed by atoms with Crippen LogP contribution in [0.25, 0.3) is 0 Å². The van der Waals surface area contributed by atoms with Crippen molar-refractivity contribution in [2.75, 3.05) is 13.2 Å². The van der Waals surface area contributed by atoms with Crippen LogP contribution in [-0.4, -0.2) is 19.2 Å². The van der Waals surface area contributed by atoms with Gasteiger partial charge in [-0.1, -0.05) is 0 Å². The maximum Gasteiger partial charge on any atom is 0.338 e. The minimum atomic E-state index is -2.28. The van der Waals surface area contributed by atoms with Crippen LogP contribution in [0, 0.1) is 29.1 Å². The Morgan fingerprint density at radius 2 is 1.46 bits per heavy atom. The molecule has 0 atom stereocenters. The third-order valence-electron chi connectivity index (χ3n) is 3.63. The van der Waals surface area contributed by atoms with Crippen LogP contribution in [0.5, 0.6) is 11.5 Å². The third kappa shape index (κ3) is 3.29. The average molecular weight is 374 g/mol. The predicted octanol–water partition coefficient (Wildman–Crippen LogP) is 3.90. The Bertz CT molecular complexity index is 840. The number of ether oxygens (including phenoxy) is 3. The fourth-order valence-corrected chi connectivity index (χ4v) is 2.29. The summed E-state index contributed by atoms with van der Waals surface area (Å²) in [4.78, 5) is 12.0. The summed E-state index contributed by atoms with van der Waals surface area (Å²) in [5, 5.41) is 0. The number of fused-ring (bicyclic) bond motifs is 1. The van der Waals surface area contributed by atoms with E-state index in [-0.39, 0.29) is 11.3 Å². The summed E-state index contributed by atoms with van der Waals surface area (Å²) in [7, 11) is 0. The summed E-state index contributed by atoms with van der Waals surface area (Å²) in [6, 6.07) is 4.09. The van der Waals surface area contributed by atoms with Crippen LogP contribution in [0.1, 0.15) is 22.3 Å². The van der Waals surface area contributed by atoms with Crippen LogP contribution in [0.2, 0.25) is 0 Å². The topological polar surface area (TPSA) is 44.8 Å². The summed E-state index contributed by atoms with van der Waals surface area (Å²) in [6.07, 6.45) is 0.648. The first-order chi connectivity index (χ1) is 12.4. The Kier molecular flexibility index (Phi) is 4.97. The van der Waals surface area contributed by atoms with E-state index >= 15 is 0 Å². The normalized spacial score (nSPS) is 13.3. The number of benzene rings is 2. The van der Waals surface area contributed by atoms with Crippen LogP contribution in [0.4, 0.5) is 22.0 Å². The molecule has 3 rings (SSSR count). The van der Waals surface area contributed by atoms with Gasteiger partial charge in [-0.2, -0.15) is 0 Å². The number of rotatable bonds is 3. The van der Waals surface area contributed by atoms with Crippen molar-refractivity contribution in [1.82, 2.24) is 0 Å². The molecule has 2 aromatic rings. The van der Waals surface area contributed by atoms with E-state index in [1.807, 2.05) is 0 Å². The van der Waals surface area contributed by atoms with E-state index in [1.54, 1.807) is 0 Å². The van der Waals surface area contributed by atoms with Gasteiger partial charge in [0.2, 0.25) is 5.82 Å². The third-order valence-corrected chi connectivity index (χ3v) is 3.63. The molecule has 0 aromatic heterocycles. The molecule has 1 aliphatic rings. The van der Waals surface area contributed by atoms with Crippen molar-refractivity contribution in [3.8, 4) is 11.5 Å². The van der Waals surface area contributed by atoms with Gasteiger partial charge in [0.05, 0.1) is 24.3 Å². The van der Waals surface area contributed by atoms with Crippen molar-refractivity contribution in [3.63, 3.8) is 0 Å². The molecule has 4 nitrogen and oxygen atoms in total. The molecule has 1 aliphatic heterocycles. The highest BCUT2D eigenvalue weighted by Crippen LogP contribution is 2.31. The maximum atomic E-state index is 13.6. The first kappa shape index (κ1) is 18.0. The summed E-state index contributed by atoms with van der Waals surface area (Å²) in [6.45, 7) is -0.313. The molecule has 2 aromatic carbocycles. The molecule has 0 saturated carbocycles. The number of halogens is 5. The Hall–Kier alpha value is -2.84. The van der Waals surface area contributed by atoms with Gasteiger partial charge >= 0.3 is 5.97 Å². The number of carbonyl (C=O) groups is 1. The zero-order valence-corrected chi connectivity index (χ0v) is 13.1. The van der Waals surface area contributed by atoms with Crippen molar-refractivity contribution in [2.45, 2.75) is 13.0 Å². The fraction of sp³-hybridized carbons (Fsp3) is 0.235. The standard InChI is InChI=1S/C17H11F5O4/c18-12-9(13(19)15(21)16(22)14(12)20)7-26-17(23)8-2-3-10-11(6-8)25-5-1-4-24-10/h2-3,6H,1,4-5,7H2. The SMILES string of the molecule is O=C(OCc1c(F)c(F)c(F)c(F)c1F)c1ccc2c(c1)OCCCO2. The molecule has 138 valence electrons. The highest BCUT2D eigenvalue weighted by Gasteiger charge is 2.26. The van der Waals surface area contributed by atoms with Gasteiger partial charge in [-0.3, -0.25) is 0 Å². The van der Waals surface area contributed by atoms with E-state index < -0.39 is 47.2 Å². The molecular formula is C17H11F5O4. The van der Waals surface area contributed by atoms with Crippen molar-refractivity contribution >= 4 is 5.97 Å². The fourth-order valence-electron chi connectivity index (χ4n) is 2.29. The molecule has 0 amide bonds. The lowest BCUT2D eigenvalue weighted by molar-refractivity contribution is 0.0461. The molecule has 0 N–H and O–H groups in total. The summed E-state index contributed by atoms with van der Waals surface area (Å²) in [5.74, 6) is -10.9. The first-order valence-electron chi connectivity index (χ1n) is 7.47. The van der Waals surface area contributed by atoms with Gasteiger partial charge in [0.1, 0.15) is 6.61 Å². The number of carbonyl (C=O) groups excluding carboxylic acids is 1. The Morgan fingerprint density at radius 1 is 0.885 bits per heavy atom. The highest BCUT2D eigenvalue weighted by atomic mass is 19.2. The van der Waals surface area contributed by atoms with Crippen LogP contribution in [-0.2, 0) is 11.3 Å². The van der Waals surface area contributed by atoms with Crippen molar-refractivity contribution in [2.24, 2.45) is 0 Å². The first-order valence-corrected chi connectivity index (χ1v) is 7.47. The second-order valence-corrected chi connectivity index (χ2v) is 5.34. The average Bonchev–Trinajstić information content (AvgIpc) is 2.89. The molecule has 0 unspecified atom stereocenters. The minimum Gasteiger partial charge on any atom is -0.490 e. The van der Waals surface area contributed by atoms with Gasteiger partial charge in [-0.25, -0.2) is 26.7 Å². The Labute approximate surface area is 144 Å². The van der Waals surface area contributed by atoms with Crippen molar-refractivity contribution < 1.29 is 41.0 Å². The molecule has 9 heteroatoms. The van der Waals surface area contributed by atoms with E-state index in [1.165, 1.54) is 18.2 Å². The smallest absolute Gasteiger partial charge is 0.338 e. The minimum absolute atomic E-state index is 0.0295. The number of hydrogen-bond acceptors (Lipinski definition) is 4. The second kappa shape index (κ2) is 7.19. The van der Waals surface area contributed by atoms with Crippen LogP contribution < -0.4 is 9.47 Å². The molecule has 0 saturated heterocycles. The van der Waals surface area contributed by atoms with Crippen LogP contribution in [0.3, 0.4) is 0 Å². The molecule has 0 fully saturated rings. The van der Waals surface area contributed by atoms with E-state index in [2.05, 4.69) is 4.74 Å². The van der Waals surface area contributed by atoms with Gasteiger partial charge in [0.15, 0.2) is 34.8 Å². The van der Waals surface area contributed by atoms with E-state index in [4.69, 9.17) is 9.47 Å². The molecular weight excluding hydrogens is 363 g/mol. The summed E-state index contributed by atoms with van der Waals surface area (Å²) >= 11 is 0. The zero-order valence-electron chi connectivity index (χ0n) is 13.1. The molecule has 0 radical (unpaired) electrons. The van der Waals surface area contributed by atoms with Crippen LogP contribution >= 0.6 is 0 Å². The molecule has 26 heavy (non-hydrogen) atoms. The lowest BCUT2D eigenvalue weighted by atomic mass is 10.1. The monoisotopic (exact) mass is 374 g/mol. The Morgan fingerprint density at radius 3 is 2.12 bits per heavy atom. The highest BCUT2D eigenvalue weighted by molar-refractivity contribution is 5.90. The predicted molar refractivity (Wildman–Crippen MR) is 77.4 cm³/mol. The largest absolute Gasteiger partial charge is 0.490 e. The molecule has 0 bridgehead atoms. The summed E-state index contributed by atoms with van der Waals surface area (Å²) < 4.78 is 81.9. The van der Waals surface area contributed by atoms with Gasteiger partial charge in [0.25, 0.3) is 0 Å². The van der Waals surface area contributed by atoms with Crippen molar-refractivity contribution in [3.05, 3.63) is 58.4 Å². The Balaban J connectivity index is 1.79. The van der Waals surface area contributed by atoms with E-state index in [9.17, 15) is 26.7 Å². The van der Waals surface area contributed by atoms with Gasteiger partial charge < -0.3 is 14.2 Å². The van der Waals surface area contributed by atoms with E-state index in [0.29, 0.717) is 25.4 Å². The molecule has 0 spiro atoms. The quantitative estimate of drug-likeness (QED) is 0.354. The van der Waals surface area contributed by atoms with Crippen molar-refractivity contribution in [1.29, 1.82) is 0 Å². The summed E-state index contributed by atoms with van der Waals surface area (Å²) in [5.41, 5.74) is -1.26. The maximum absolute atomic E-state index is 13.6. The lowest BCUT2D eigenvalue weighted by Gasteiger charge is -2.11. The zero-order chi connectivity index (χ0) is 18.8. The van der Waals surface area contributed by atoms with Gasteiger partial charge in [0, 0.05) is 6.42 Å². The number of hydrogen-bond donors (Lipinski definition) is 0. The molecule has 1 heterocycles. The van der Waals surface area contributed by atoms with Crippen LogP contribution in [0.15, 0.2) is 18.2 Å². The second-order valence-electron chi connectivity index (χ2n) is 5.34.